The Kier molecular flexibility index (Phi) is 31.0. The number of esters is 2. The summed E-state index contributed by atoms with van der Waals surface area (Å²) in [7, 11) is -5.57. The molecule has 0 unspecified atom stereocenters. The fourth-order valence-corrected chi connectivity index (χ4v) is 17.1. The van der Waals surface area contributed by atoms with Gasteiger partial charge in [0.1, 0.15) is 47.8 Å². The summed E-state index contributed by atoms with van der Waals surface area (Å²) in [5, 5.41) is 13.6. The standard InChI is InChI=1S/C86H111NO26SSi/c1-53(88)25-38-75(89)106-69-36-39-76(99-54(69)2)108-74-49-80(104-59(7)85(74)113-114(93,94)43-41-60-27-30-66(31-28-60)87(91)92)109-73-48-79(102-58(6)84(73)112-86(90)64-22-15-12-16-23-64)107-70-37-40-77(100-55(70)3)110-82-56(4)103-81(47-72(82)97-51-62-26-29-63-21-17-18-24-65(63)45-62)111-83-57(5)101-78(46-71(83)96-50-61-19-13-11-14-20-61)105-68-34-32-67(33-35-68)98-52-95-42-44-115(8,9)10/h11-24,26-35,45,54-59,69-74,76-85H,25,36-44,46-52H2,1-10H3/t54-,55-,56+,57+,58+,59+,69-,70-,71+,72+,73+,74+,76-,77-,78-,79-,80-,81-,82+,83+,84+,85+/m0/s1. The number of hydrogen-bond donors (Lipinski definition) is 0. The number of carbonyl (C=O) groups is 3. The Morgan fingerprint density at radius 3 is 1.63 bits per heavy atom. The lowest BCUT2D eigenvalue weighted by atomic mass is 9.99. The van der Waals surface area contributed by atoms with Crippen LogP contribution >= 0.6 is 0 Å². The number of nitrogens with zero attached hydrogens (tertiary/aromatic N) is 1. The molecular formula is C86H111NO26SSi. The summed E-state index contributed by atoms with van der Waals surface area (Å²) >= 11 is 0. The summed E-state index contributed by atoms with van der Waals surface area (Å²) in [4.78, 5) is 49.2. The van der Waals surface area contributed by atoms with Gasteiger partial charge in [-0.05, 0) is 144 Å². The van der Waals surface area contributed by atoms with E-state index in [0.29, 0.717) is 61.5 Å². The number of non-ortho nitro benzene ring substituents is 1. The molecule has 0 aliphatic carbocycles. The van der Waals surface area contributed by atoms with Crippen LogP contribution < -0.4 is 9.47 Å². The minimum Gasteiger partial charge on any atom is -0.468 e. The molecule has 0 N–H and O–H groups in total. The predicted octanol–water partition coefficient (Wildman–Crippen LogP) is 14.0. The van der Waals surface area contributed by atoms with Gasteiger partial charge in [0.2, 0.25) is 6.29 Å². The Hall–Kier alpha value is -7.24. The molecular weight excluding hydrogens is 1520 g/mol. The van der Waals surface area contributed by atoms with Crippen molar-refractivity contribution in [2.75, 3.05) is 19.2 Å². The maximum atomic E-state index is 14.0. The van der Waals surface area contributed by atoms with E-state index in [1.807, 2.05) is 87.5 Å². The maximum absolute atomic E-state index is 14.0. The third-order valence-electron chi connectivity index (χ3n) is 21.5. The first-order chi connectivity index (χ1) is 55.2. The van der Waals surface area contributed by atoms with Crippen molar-refractivity contribution in [2.24, 2.45) is 0 Å². The molecule has 6 aliphatic heterocycles. The van der Waals surface area contributed by atoms with Crippen LogP contribution in [0.5, 0.6) is 11.5 Å². The Morgan fingerprint density at radius 1 is 0.487 bits per heavy atom. The van der Waals surface area contributed by atoms with Gasteiger partial charge < -0.3 is 90.1 Å². The lowest BCUT2D eigenvalue weighted by Gasteiger charge is -2.46. The van der Waals surface area contributed by atoms with Crippen LogP contribution in [0.2, 0.25) is 25.7 Å². The van der Waals surface area contributed by atoms with Crippen LogP contribution in [0.1, 0.15) is 140 Å². The number of carbonyl (C=O) groups excluding carboxylic acids is 3. The van der Waals surface area contributed by atoms with Gasteiger partial charge in [-0.15, -0.1) is 0 Å². The van der Waals surface area contributed by atoms with Crippen molar-refractivity contribution in [1.82, 2.24) is 0 Å². The molecule has 0 spiro atoms. The van der Waals surface area contributed by atoms with Gasteiger partial charge in [-0.25, -0.2) is 4.79 Å². The maximum Gasteiger partial charge on any atom is 0.338 e. The van der Waals surface area contributed by atoms with Crippen molar-refractivity contribution in [3.63, 3.8) is 0 Å². The second kappa shape index (κ2) is 41.0. The minimum absolute atomic E-state index is 0.0185. The number of rotatable bonds is 36. The summed E-state index contributed by atoms with van der Waals surface area (Å²) in [6.07, 6.45) is -15.0. The second-order valence-electron chi connectivity index (χ2n) is 31.8. The number of benzene rings is 6. The fraction of sp³-hybridized carbons (Fsp3) is 0.570. The van der Waals surface area contributed by atoms with Crippen molar-refractivity contribution >= 4 is 52.4 Å². The number of Topliss-reactive ketones (excluding diaryl/α,β-unsaturated/α-hetero) is 1. The van der Waals surface area contributed by atoms with Gasteiger partial charge in [-0.3, -0.25) is 19.1 Å². The summed E-state index contributed by atoms with van der Waals surface area (Å²) in [5.41, 5.74) is 2.67. The number of nitro groups is 1. The highest BCUT2D eigenvalue weighted by molar-refractivity contribution is 7.86. The Morgan fingerprint density at radius 2 is 0.991 bits per heavy atom. The largest absolute Gasteiger partial charge is 0.468 e. The number of aryl methyl sites for hydroxylation is 1. The molecule has 6 aromatic rings. The Bertz CT molecular complexity index is 4200. The van der Waals surface area contributed by atoms with E-state index in [0.717, 1.165) is 27.9 Å². The molecule has 0 saturated carbocycles. The molecule has 6 heterocycles. The van der Waals surface area contributed by atoms with Gasteiger partial charge in [0.05, 0.1) is 96.9 Å². The van der Waals surface area contributed by atoms with E-state index in [1.54, 1.807) is 51.1 Å². The SMILES string of the molecule is CC(=O)CCC(=O)O[C@H]1CC[C@H](O[C@@H]2C[C@H](O[C@@H]3C[C@H](O[C@H]4CC[C@H](O[C@@H]5[C@@H](C)O[C@@H](O[C@@H]6[C@@H](C)O[C@@H](Oc7ccc(OCOCC[Si](C)(C)C)cc7)C[C@H]6OCc6ccccc6)C[C@H]5OCc5ccc6ccccc6c5)O[C@H]4C)O[C@H](C)[C@H]3OC(=O)c3ccccc3)O[C@H](C)[C@H]2OS(=O)(=O)CCc2ccc([N+](=O)[O-])cc2)O[C@H]1C. The summed E-state index contributed by atoms with van der Waals surface area (Å²) in [6.45, 7) is 20.7. The van der Waals surface area contributed by atoms with E-state index in [2.05, 4.69) is 50.0 Å². The molecule has 0 radical (unpaired) electrons. The molecule has 626 valence electrons. The zero-order valence-corrected chi connectivity index (χ0v) is 68.9. The number of ketones is 1. The van der Waals surface area contributed by atoms with Gasteiger partial charge in [-0.2, -0.15) is 8.42 Å². The molecule has 6 fully saturated rings. The van der Waals surface area contributed by atoms with E-state index in [1.165, 1.54) is 31.2 Å². The van der Waals surface area contributed by atoms with Crippen molar-refractivity contribution in [2.45, 2.75) is 293 Å². The lowest BCUT2D eigenvalue weighted by molar-refractivity contribution is -0.384. The molecule has 27 nitrogen and oxygen atoms in total. The van der Waals surface area contributed by atoms with Gasteiger partial charge in [0.25, 0.3) is 15.8 Å². The van der Waals surface area contributed by atoms with E-state index in [4.69, 9.17) is 89.4 Å². The predicted molar refractivity (Wildman–Crippen MR) is 422 cm³/mol. The fourth-order valence-electron chi connectivity index (χ4n) is 15.1. The average molecular weight is 1630 g/mol. The van der Waals surface area contributed by atoms with Crippen LogP contribution in [0.25, 0.3) is 10.8 Å². The van der Waals surface area contributed by atoms with Gasteiger partial charge in [0, 0.05) is 71.8 Å². The zero-order valence-electron chi connectivity index (χ0n) is 67.1. The van der Waals surface area contributed by atoms with Crippen molar-refractivity contribution in [1.29, 1.82) is 0 Å². The first-order valence-corrected chi connectivity index (χ1v) is 45.5. The number of fused-ring (bicyclic) bond motifs is 1. The minimum atomic E-state index is -4.34. The van der Waals surface area contributed by atoms with Gasteiger partial charge in [0.15, 0.2) is 44.3 Å². The molecule has 12 rings (SSSR count). The Balaban J connectivity index is 0.713. The second-order valence-corrected chi connectivity index (χ2v) is 39.2. The highest BCUT2D eigenvalue weighted by atomic mass is 32.2. The van der Waals surface area contributed by atoms with Crippen molar-refractivity contribution < 1.29 is 117 Å². The average Bonchev–Trinajstić information content (AvgIpc) is 0.788. The molecule has 6 aliphatic rings. The monoisotopic (exact) mass is 1630 g/mol. The highest BCUT2D eigenvalue weighted by Gasteiger charge is 2.50. The molecule has 0 amide bonds. The van der Waals surface area contributed by atoms with Crippen LogP contribution in [0, 0.1) is 10.1 Å². The third kappa shape index (κ3) is 25.6. The molecule has 6 aromatic carbocycles. The number of ether oxygens (including phenoxy) is 18. The smallest absolute Gasteiger partial charge is 0.338 e. The summed E-state index contributed by atoms with van der Waals surface area (Å²) < 4.78 is 152. The van der Waals surface area contributed by atoms with E-state index in [9.17, 15) is 32.9 Å². The quantitative estimate of drug-likeness (QED) is 0.00671. The zero-order chi connectivity index (χ0) is 81.3. The van der Waals surface area contributed by atoms with Gasteiger partial charge in [-0.1, -0.05) is 117 Å². The van der Waals surface area contributed by atoms with E-state index >= 15 is 0 Å². The first kappa shape index (κ1) is 87.1. The highest BCUT2D eigenvalue weighted by Crippen LogP contribution is 2.40. The number of nitro benzene ring substituents is 1. The third-order valence-corrected chi connectivity index (χ3v) is 24.4. The topological polar surface area (TPSA) is 304 Å². The van der Waals surface area contributed by atoms with E-state index in [-0.39, 0.29) is 69.8 Å². The van der Waals surface area contributed by atoms with Crippen molar-refractivity contribution in [3.05, 3.63) is 184 Å². The normalized spacial score (nSPS) is 30.7. The molecule has 0 bridgehead atoms. The Labute approximate surface area is 674 Å². The molecule has 0 aromatic heterocycles. The molecule has 22 atom stereocenters. The lowest BCUT2D eigenvalue weighted by Crippen LogP contribution is -2.57. The first-order valence-electron chi connectivity index (χ1n) is 40.2. The van der Waals surface area contributed by atoms with Crippen LogP contribution in [-0.4, -0.2) is 194 Å². The molecule has 29 heteroatoms. The van der Waals surface area contributed by atoms with Crippen LogP contribution in [0.3, 0.4) is 0 Å². The van der Waals surface area contributed by atoms with Crippen LogP contribution in [0.4, 0.5) is 5.69 Å². The van der Waals surface area contributed by atoms with Gasteiger partial charge >= 0.3 is 11.9 Å². The van der Waals surface area contributed by atoms with E-state index < -0.39 is 176 Å². The van der Waals surface area contributed by atoms with Crippen LogP contribution in [0.15, 0.2) is 152 Å². The summed E-state index contributed by atoms with van der Waals surface area (Å²) in [6, 6.07) is 47.0. The van der Waals surface area contributed by atoms with Crippen LogP contribution in [-0.2, 0) is 119 Å². The number of hydrogen-bond acceptors (Lipinski definition) is 26. The van der Waals surface area contributed by atoms with Crippen molar-refractivity contribution in [3.8, 4) is 11.5 Å². The summed E-state index contributed by atoms with van der Waals surface area (Å²) in [5.74, 6) is -0.523. The molecule has 6 saturated heterocycles. The molecule has 115 heavy (non-hydrogen) atoms.